The number of imide groups is 1. The Bertz CT molecular complexity index is 1830. The number of morpholine rings is 1. The fraction of sp³-hybridized carbons (Fsp3) is 0.400. The van der Waals surface area contributed by atoms with Gasteiger partial charge in [0, 0.05) is 72.2 Å². The summed E-state index contributed by atoms with van der Waals surface area (Å²) in [5.74, 6) is -6.46. The Morgan fingerprint density at radius 3 is 2.85 bits per heavy atom. The van der Waals surface area contributed by atoms with E-state index in [0.717, 1.165) is 30.3 Å². The van der Waals surface area contributed by atoms with Crippen LogP contribution in [0.2, 0.25) is 0 Å². The number of ether oxygens (including phenoxy) is 1. The lowest BCUT2D eigenvalue weighted by atomic mass is 10.0. The monoisotopic (exact) mass is 483 g/mol. The third kappa shape index (κ3) is 4.53. The maximum absolute atomic E-state index is 15.6. The summed E-state index contributed by atoms with van der Waals surface area (Å²) in [7, 11) is 0. The first-order valence-corrected chi connectivity index (χ1v) is 9.73. The fourth-order valence-electron chi connectivity index (χ4n) is 3.28. The van der Waals surface area contributed by atoms with Gasteiger partial charge in [-0.3, -0.25) is 24.6 Å². The van der Waals surface area contributed by atoms with Crippen LogP contribution in [-0.4, -0.2) is 59.7 Å². The number of carbonyl (C=O) groups is 3. The second kappa shape index (κ2) is 9.52. The predicted octanol–water partition coefficient (Wildman–Crippen LogP) is 2.03. The van der Waals surface area contributed by atoms with Crippen molar-refractivity contribution in [1.82, 2.24) is 15.1 Å². The molecule has 0 radical (unpaired) electrons. The van der Waals surface area contributed by atoms with Crippen LogP contribution in [0, 0.1) is 5.82 Å². The second-order valence-electron chi connectivity index (χ2n) is 7.04. The van der Waals surface area contributed by atoms with E-state index in [1.807, 2.05) is 0 Å². The minimum Gasteiger partial charge on any atom is -0.381 e. The van der Waals surface area contributed by atoms with Crippen molar-refractivity contribution >= 4 is 23.4 Å². The molecule has 0 aromatic heterocycles. The number of carbonyl (C=O) groups excluding carboxylic acids is 3. The number of nitrogens with zero attached hydrogens (tertiary/aromatic N) is 2. The van der Waals surface area contributed by atoms with E-state index in [4.69, 9.17) is 23.3 Å². The molecule has 5 rings (SSSR count). The van der Waals surface area contributed by atoms with Crippen molar-refractivity contribution in [2.24, 2.45) is 0 Å². The van der Waals surface area contributed by atoms with Gasteiger partial charge in [0.15, 0.2) is 0 Å². The second-order valence-corrected chi connectivity index (χ2v) is 7.04. The van der Waals surface area contributed by atoms with E-state index in [-0.39, 0.29) is 15.4 Å². The van der Waals surface area contributed by atoms with Crippen LogP contribution in [0.1, 0.15) is 63.1 Å². The molecule has 3 aliphatic heterocycles. The Morgan fingerprint density at radius 1 is 1.24 bits per heavy atom. The first-order chi connectivity index (χ1) is 22.8. The minimum atomic E-state index is -3.83. The van der Waals surface area contributed by atoms with Crippen LogP contribution in [0.3, 0.4) is 0 Å². The van der Waals surface area contributed by atoms with Gasteiger partial charge in [-0.1, -0.05) is 18.2 Å². The van der Waals surface area contributed by atoms with E-state index in [1.165, 1.54) is 5.32 Å². The van der Waals surface area contributed by atoms with Gasteiger partial charge in [0.1, 0.15) is 11.8 Å². The van der Waals surface area contributed by atoms with Crippen LogP contribution in [0.25, 0.3) is 0 Å². The number of fused-ring (bicyclic) bond motifs is 1. The summed E-state index contributed by atoms with van der Waals surface area (Å²) in [6, 6.07) is 1.91. The van der Waals surface area contributed by atoms with Gasteiger partial charge < -0.3 is 15.0 Å². The maximum Gasteiger partial charge on any atom is 0.255 e. The van der Waals surface area contributed by atoms with Gasteiger partial charge >= 0.3 is 0 Å². The van der Waals surface area contributed by atoms with Crippen LogP contribution in [0.15, 0.2) is 36.4 Å². The van der Waals surface area contributed by atoms with Crippen molar-refractivity contribution in [2.45, 2.75) is 38.3 Å². The van der Waals surface area contributed by atoms with E-state index in [0.29, 0.717) is 6.07 Å². The molecule has 0 saturated carbocycles. The lowest BCUT2D eigenvalue weighted by Crippen LogP contribution is -2.52. The molecule has 2 saturated heterocycles. The smallest absolute Gasteiger partial charge is 0.255 e. The van der Waals surface area contributed by atoms with Gasteiger partial charge in [0.05, 0.1) is 25.5 Å². The highest BCUT2D eigenvalue weighted by Crippen LogP contribution is 2.32. The van der Waals surface area contributed by atoms with Crippen molar-refractivity contribution in [2.75, 3.05) is 31.4 Å². The Morgan fingerprint density at radius 2 is 2.06 bits per heavy atom. The zero-order valence-electron chi connectivity index (χ0n) is 34.1. The summed E-state index contributed by atoms with van der Waals surface area (Å²) in [4.78, 5) is 38.6. The molecule has 2 fully saturated rings. The van der Waals surface area contributed by atoms with Crippen LogP contribution in [-0.2, 0) is 33.9 Å². The molecule has 3 heterocycles. The summed E-state index contributed by atoms with van der Waals surface area (Å²) >= 11 is 0. The topological polar surface area (TPSA) is 91.0 Å². The van der Waals surface area contributed by atoms with Crippen molar-refractivity contribution < 1.29 is 46.8 Å². The summed E-state index contributed by atoms with van der Waals surface area (Å²) < 4.78 is 160. The van der Waals surface area contributed by atoms with Crippen LogP contribution in [0.4, 0.5) is 10.1 Å². The lowest BCUT2D eigenvalue weighted by Gasteiger charge is -2.29. The number of hydrogen-bond acceptors (Lipinski definition) is 6. The van der Waals surface area contributed by atoms with E-state index in [9.17, 15) is 14.4 Å². The van der Waals surface area contributed by atoms with Gasteiger partial charge in [-0.15, -0.1) is 0 Å². The largest absolute Gasteiger partial charge is 0.381 e. The Balaban J connectivity index is 1.50. The number of piperidine rings is 1. The standard InChI is InChI=1S/C25H27FN4O4/c26-20-12-16(14-29-8-10-34-11-9-29)4-5-17(20)13-27-21-3-1-2-18-19(21)15-30(25(18)33)22-6-7-23(31)28-24(22)32/h1-5,12,22,27H,6-11,13-15H2,(H,28,31,32)/t22-/m1/s1/i6D2,7D2,8D2,9D2,10D2,11D2,13D2,15D2,22D. The lowest BCUT2D eigenvalue weighted by molar-refractivity contribution is -0.136. The summed E-state index contributed by atoms with van der Waals surface area (Å²) in [5, 5.41) is 3.70. The Hall–Kier alpha value is -3.30. The van der Waals surface area contributed by atoms with Crippen molar-refractivity contribution in [3.63, 3.8) is 0 Å². The zero-order valence-corrected chi connectivity index (χ0v) is 17.1. The molecule has 0 spiro atoms. The SMILES string of the molecule is [2H]C([2H])(Nc1cccc2c1C([2H])([2H])N([C@@]1([2H])C(=O)NC(=O)C([2H])([2H])C1([2H])[2H])C2=O)c1ccc(CN2C([2H])([2H])C([2H])([2H])OC([2H])([2H])C2([2H])[2H])cc1F. The molecule has 3 amide bonds. The highest BCUT2D eigenvalue weighted by Gasteiger charge is 2.39. The van der Waals surface area contributed by atoms with Gasteiger partial charge in [-0.05, 0) is 30.1 Å². The maximum atomic E-state index is 15.6. The number of hydrogen-bond donors (Lipinski definition) is 2. The fourth-order valence-corrected chi connectivity index (χ4v) is 3.28. The summed E-state index contributed by atoms with van der Waals surface area (Å²) in [6.07, 6.45) is -7.44. The Kier molecular flexibility index (Phi) is 2.84. The number of halogens is 1. The Labute approximate surface area is 220 Å². The third-order valence-corrected chi connectivity index (χ3v) is 4.85. The number of benzene rings is 2. The average Bonchev–Trinajstić information content (AvgIpc) is 3.18. The molecular formula is C25H27FN4O4. The van der Waals surface area contributed by atoms with Crippen molar-refractivity contribution in [3.8, 4) is 0 Å². The molecule has 0 unspecified atom stereocenters. The molecule has 0 bridgehead atoms. The highest BCUT2D eigenvalue weighted by molar-refractivity contribution is 6.06. The van der Waals surface area contributed by atoms with Gasteiger partial charge in [-0.25, -0.2) is 4.39 Å². The molecule has 1 atom stereocenters. The number of rotatable bonds is 6. The molecule has 2 aromatic rings. The van der Waals surface area contributed by atoms with Crippen LogP contribution in [0.5, 0.6) is 0 Å². The van der Waals surface area contributed by atoms with Crippen molar-refractivity contribution in [1.29, 1.82) is 0 Å². The molecule has 0 aliphatic carbocycles. The number of anilines is 1. The average molecular weight is 484 g/mol. The van der Waals surface area contributed by atoms with Gasteiger partial charge in [0.2, 0.25) is 11.8 Å². The molecular weight excluding hydrogens is 439 g/mol. The third-order valence-electron chi connectivity index (χ3n) is 4.85. The zero-order chi connectivity index (χ0) is 38.9. The van der Waals surface area contributed by atoms with Crippen LogP contribution < -0.4 is 10.6 Å². The van der Waals surface area contributed by atoms with E-state index in [1.54, 1.807) is 0 Å². The molecule has 2 aromatic carbocycles. The molecule has 34 heavy (non-hydrogen) atoms. The first kappa shape index (κ1) is 10.1. The molecule has 2 N–H and O–H groups in total. The highest BCUT2D eigenvalue weighted by atomic mass is 19.1. The van der Waals surface area contributed by atoms with Crippen LogP contribution >= 0.6 is 0 Å². The van der Waals surface area contributed by atoms with E-state index >= 15 is 4.39 Å². The quantitative estimate of drug-likeness (QED) is 0.611. The summed E-state index contributed by atoms with van der Waals surface area (Å²) in [6.45, 7) is -20.6. The first-order valence-electron chi connectivity index (χ1n) is 18.2. The number of amides is 3. The normalized spacial score (nSPS) is 41.3. The van der Waals surface area contributed by atoms with E-state index in [2.05, 4.69) is 10.1 Å². The molecule has 8 nitrogen and oxygen atoms in total. The summed E-state index contributed by atoms with van der Waals surface area (Å²) in [5.41, 5.74) is -2.95. The van der Waals surface area contributed by atoms with Crippen molar-refractivity contribution in [3.05, 3.63) is 64.5 Å². The molecule has 9 heteroatoms. The van der Waals surface area contributed by atoms with Gasteiger partial charge in [0.25, 0.3) is 5.91 Å². The minimum absolute atomic E-state index is 0.151. The molecule has 3 aliphatic rings. The molecule has 178 valence electrons. The number of nitrogens with one attached hydrogen (secondary N) is 2. The van der Waals surface area contributed by atoms with Gasteiger partial charge in [-0.2, -0.15) is 0 Å². The predicted molar refractivity (Wildman–Crippen MR) is 122 cm³/mol. The van der Waals surface area contributed by atoms with E-state index < -0.39 is 110 Å².